The van der Waals surface area contributed by atoms with Crippen LogP contribution in [-0.4, -0.2) is 30.4 Å². The summed E-state index contributed by atoms with van der Waals surface area (Å²) in [7, 11) is 0. The molecular weight excluding hydrogens is 214 g/mol. The Labute approximate surface area is 103 Å². The third kappa shape index (κ3) is 2.99. The molecule has 2 rings (SSSR count). The summed E-state index contributed by atoms with van der Waals surface area (Å²) in [6, 6.07) is 8.33. The Kier molecular flexibility index (Phi) is 4.02. The SMILES string of the molecule is CC(C)[C@@H](CO)NCC1Cc2ccccc2O1. The number of benzene rings is 1. The van der Waals surface area contributed by atoms with Crippen LogP contribution in [0.5, 0.6) is 5.75 Å². The van der Waals surface area contributed by atoms with Crippen LogP contribution in [0.3, 0.4) is 0 Å². The lowest BCUT2D eigenvalue weighted by Gasteiger charge is -2.22. The summed E-state index contributed by atoms with van der Waals surface area (Å²) < 4.78 is 5.84. The molecule has 0 bridgehead atoms. The lowest BCUT2D eigenvalue weighted by atomic mass is 10.0. The van der Waals surface area contributed by atoms with Crippen molar-refractivity contribution in [2.24, 2.45) is 5.92 Å². The molecule has 1 aromatic rings. The maximum atomic E-state index is 9.24. The number of ether oxygens (including phenoxy) is 1. The van der Waals surface area contributed by atoms with E-state index < -0.39 is 0 Å². The van der Waals surface area contributed by atoms with E-state index in [1.54, 1.807) is 0 Å². The van der Waals surface area contributed by atoms with Gasteiger partial charge in [-0.25, -0.2) is 0 Å². The molecule has 0 saturated carbocycles. The molecule has 3 nitrogen and oxygen atoms in total. The topological polar surface area (TPSA) is 41.5 Å². The van der Waals surface area contributed by atoms with Gasteiger partial charge in [-0.15, -0.1) is 0 Å². The van der Waals surface area contributed by atoms with Gasteiger partial charge in [0, 0.05) is 19.0 Å². The summed E-state index contributed by atoms with van der Waals surface area (Å²) in [6.45, 7) is 5.19. The molecule has 1 heterocycles. The number of hydrogen-bond donors (Lipinski definition) is 2. The van der Waals surface area contributed by atoms with Crippen molar-refractivity contribution in [3.63, 3.8) is 0 Å². The van der Waals surface area contributed by atoms with E-state index in [1.807, 2.05) is 18.2 Å². The van der Waals surface area contributed by atoms with Gasteiger partial charge in [0.2, 0.25) is 0 Å². The van der Waals surface area contributed by atoms with E-state index in [-0.39, 0.29) is 18.8 Å². The van der Waals surface area contributed by atoms with Crippen molar-refractivity contribution in [1.29, 1.82) is 0 Å². The van der Waals surface area contributed by atoms with Crippen LogP contribution in [0.15, 0.2) is 24.3 Å². The zero-order valence-electron chi connectivity index (χ0n) is 10.5. The fourth-order valence-corrected chi connectivity index (χ4v) is 2.16. The van der Waals surface area contributed by atoms with Crippen molar-refractivity contribution in [2.75, 3.05) is 13.2 Å². The fraction of sp³-hybridized carbons (Fsp3) is 0.571. The molecule has 17 heavy (non-hydrogen) atoms. The highest BCUT2D eigenvalue weighted by Gasteiger charge is 2.23. The molecule has 2 N–H and O–H groups in total. The van der Waals surface area contributed by atoms with E-state index >= 15 is 0 Å². The first kappa shape index (κ1) is 12.4. The third-order valence-electron chi connectivity index (χ3n) is 3.32. The maximum absolute atomic E-state index is 9.24. The Morgan fingerprint density at radius 3 is 2.82 bits per heavy atom. The zero-order chi connectivity index (χ0) is 12.3. The Bertz CT molecular complexity index is 340. The van der Waals surface area contributed by atoms with Crippen LogP contribution in [0.4, 0.5) is 0 Å². The maximum Gasteiger partial charge on any atom is 0.123 e. The van der Waals surface area contributed by atoms with Gasteiger partial charge in [0.15, 0.2) is 0 Å². The predicted molar refractivity (Wildman–Crippen MR) is 68.3 cm³/mol. The average Bonchev–Trinajstić information content (AvgIpc) is 2.71. The Balaban J connectivity index is 1.84. The number of aliphatic hydroxyl groups excluding tert-OH is 1. The van der Waals surface area contributed by atoms with Gasteiger partial charge in [0.1, 0.15) is 11.9 Å². The normalized spacial score (nSPS) is 20.1. The molecule has 1 aliphatic heterocycles. The molecule has 3 heteroatoms. The van der Waals surface area contributed by atoms with Crippen LogP contribution in [0.2, 0.25) is 0 Å². The van der Waals surface area contributed by atoms with Gasteiger partial charge in [-0.05, 0) is 17.5 Å². The quantitative estimate of drug-likeness (QED) is 0.814. The molecule has 0 aromatic heterocycles. The summed E-state index contributed by atoms with van der Waals surface area (Å²) in [5.41, 5.74) is 1.28. The van der Waals surface area contributed by atoms with Crippen molar-refractivity contribution >= 4 is 0 Å². The second-order valence-electron chi connectivity index (χ2n) is 4.99. The van der Waals surface area contributed by atoms with E-state index in [0.29, 0.717) is 5.92 Å². The third-order valence-corrected chi connectivity index (χ3v) is 3.32. The Hall–Kier alpha value is -1.06. The molecule has 94 valence electrons. The number of fused-ring (bicyclic) bond motifs is 1. The monoisotopic (exact) mass is 235 g/mol. The number of rotatable bonds is 5. The summed E-state index contributed by atoms with van der Waals surface area (Å²) in [5, 5.41) is 12.6. The van der Waals surface area contributed by atoms with Crippen LogP contribution < -0.4 is 10.1 Å². The summed E-state index contributed by atoms with van der Waals surface area (Å²) in [6.07, 6.45) is 1.15. The number of aliphatic hydroxyl groups is 1. The second kappa shape index (κ2) is 5.52. The predicted octanol–water partition coefficient (Wildman–Crippen LogP) is 1.60. The largest absolute Gasteiger partial charge is 0.488 e. The molecule has 0 radical (unpaired) electrons. The van der Waals surface area contributed by atoms with Crippen molar-refractivity contribution in [1.82, 2.24) is 5.32 Å². The van der Waals surface area contributed by atoms with Gasteiger partial charge in [0.25, 0.3) is 0 Å². The first-order chi connectivity index (χ1) is 8.20. The first-order valence-electron chi connectivity index (χ1n) is 6.29. The van der Waals surface area contributed by atoms with Gasteiger partial charge in [-0.2, -0.15) is 0 Å². The van der Waals surface area contributed by atoms with Gasteiger partial charge in [-0.3, -0.25) is 0 Å². The van der Waals surface area contributed by atoms with E-state index in [9.17, 15) is 5.11 Å². The minimum Gasteiger partial charge on any atom is -0.488 e. The molecule has 0 spiro atoms. The number of hydrogen-bond acceptors (Lipinski definition) is 3. The minimum atomic E-state index is 0.155. The molecule has 0 saturated heterocycles. The number of nitrogens with one attached hydrogen (secondary N) is 1. The molecule has 0 fully saturated rings. The van der Waals surface area contributed by atoms with Gasteiger partial charge in [0.05, 0.1) is 6.61 Å². The Morgan fingerprint density at radius 1 is 1.41 bits per heavy atom. The van der Waals surface area contributed by atoms with Crippen LogP contribution >= 0.6 is 0 Å². The number of para-hydroxylation sites is 1. The molecular formula is C14H21NO2. The standard InChI is InChI=1S/C14H21NO2/c1-10(2)13(9-16)15-8-12-7-11-5-3-4-6-14(11)17-12/h3-6,10,12-13,15-16H,7-9H2,1-2H3/t12?,13-/m1/s1. The molecule has 2 atom stereocenters. The highest BCUT2D eigenvalue weighted by Crippen LogP contribution is 2.27. The van der Waals surface area contributed by atoms with Gasteiger partial charge >= 0.3 is 0 Å². The minimum absolute atomic E-state index is 0.155. The molecule has 0 amide bonds. The van der Waals surface area contributed by atoms with Crippen LogP contribution in [0, 0.1) is 5.92 Å². The highest BCUT2D eigenvalue weighted by atomic mass is 16.5. The smallest absolute Gasteiger partial charge is 0.123 e. The molecule has 1 aliphatic rings. The highest BCUT2D eigenvalue weighted by molar-refractivity contribution is 5.37. The molecule has 0 aliphatic carbocycles. The summed E-state index contributed by atoms with van der Waals surface area (Å²) in [5.74, 6) is 1.44. The van der Waals surface area contributed by atoms with E-state index in [0.717, 1.165) is 18.7 Å². The van der Waals surface area contributed by atoms with Crippen LogP contribution in [0.1, 0.15) is 19.4 Å². The summed E-state index contributed by atoms with van der Waals surface area (Å²) in [4.78, 5) is 0. The second-order valence-corrected chi connectivity index (χ2v) is 4.99. The lowest BCUT2D eigenvalue weighted by Crippen LogP contribution is -2.42. The van der Waals surface area contributed by atoms with Gasteiger partial charge < -0.3 is 15.2 Å². The lowest BCUT2D eigenvalue weighted by molar-refractivity contribution is 0.178. The van der Waals surface area contributed by atoms with Crippen LogP contribution in [0.25, 0.3) is 0 Å². The van der Waals surface area contributed by atoms with Crippen molar-refractivity contribution in [2.45, 2.75) is 32.4 Å². The zero-order valence-corrected chi connectivity index (χ0v) is 10.5. The van der Waals surface area contributed by atoms with Crippen molar-refractivity contribution in [3.8, 4) is 5.75 Å². The van der Waals surface area contributed by atoms with E-state index in [4.69, 9.17) is 4.74 Å². The van der Waals surface area contributed by atoms with E-state index in [2.05, 4.69) is 25.2 Å². The summed E-state index contributed by atoms with van der Waals surface area (Å²) >= 11 is 0. The molecule has 1 unspecified atom stereocenters. The van der Waals surface area contributed by atoms with Crippen LogP contribution in [-0.2, 0) is 6.42 Å². The first-order valence-corrected chi connectivity index (χ1v) is 6.29. The van der Waals surface area contributed by atoms with E-state index in [1.165, 1.54) is 5.56 Å². The van der Waals surface area contributed by atoms with Gasteiger partial charge in [-0.1, -0.05) is 32.0 Å². The van der Waals surface area contributed by atoms with Crippen molar-refractivity contribution < 1.29 is 9.84 Å². The Morgan fingerprint density at radius 2 is 2.18 bits per heavy atom. The average molecular weight is 235 g/mol. The van der Waals surface area contributed by atoms with Crippen molar-refractivity contribution in [3.05, 3.63) is 29.8 Å². The molecule has 1 aromatic carbocycles. The fourth-order valence-electron chi connectivity index (χ4n) is 2.16.